The van der Waals surface area contributed by atoms with E-state index in [1.165, 1.54) is 24.0 Å². The first-order valence-corrected chi connectivity index (χ1v) is 6.52. The third kappa shape index (κ3) is 2.68. The van der Waals surface area contributed by atoms with Gasteiger partial charge in [-0.2, -0.15) is 0 Å². The lowest BCUT2D eigenvalue weighted by Gasteiger charge is -2.19. The Kier molecular flexibility index (Phi) is 3.82. The topological polar surface area (TPSA) is 26.3 Å². The minimum absolute atomic E-state index is 0.101. The van der Waals surface area contributed by atoms with Crippen molar-refractivity contribution >= 4 is 5.78 Å². The molecule has 92 valence electrons. The van der Waals surface area contributed by atoms with Crippen molar-refractivity contribution < 1.29 is 9.53 Å². The summed E-state index contributed by atoms with van der Waals surface area (Å²) in [5.74, 6) is 0.879. The van der Waals surface area contributed by atoms with Gasteiger partial charge in [0.25, 0.3) is 0 Å². The first kappa shape index (κ1) is 12.2. The van der Waals surface area contributed by atoms with Crippen molar-refractivity contribution in [3.8, 4) is 5.75 Å². The lowest BCUT2D eigenvalue weighted by atomic mass is 9.89. The number of hydrogen-bond acceptors (Lipinski definition) is 2. The minimum Gasteiger partial charge on any atom is -0.493 e. The van der Waals surface area contributed by atoms with Gasteiger partial charge in [-0.1, -0.05) is 6.92 Å². The number of rotatable bonds is 4. The van der Waals surface area contributed by atoms with Gasteiger partial charge in [0.2, 0.25) is 0 Å². The van der Waals surface area contributed by atoms with Crippen LogP contribution in [0, 0.1) is 0 Å². The van der Waals surface area contributed by atoms with Crippen LogP contribution in [0.25, 0.3) is 0 Å². The lowest BCUT2D eigenvalue weighted by Crippen LogP contribution is -2.08. The van der Waals surface area contributed by atoms with Crippen LogP contribution in [0.4, 0.5) is 0 Å². The molecule has 0 spiro atoms. The van der Waals surface area contributed by atoms with Gasteiger partial charge >= 0.3 is 0 Å². The smallest absolute Gasteiger partial charge is 0.163 e. The Bertz CT molecular complexity index is 421. The van der Waals surface area contributed by atoms with Gasteiger partial charge in [0.05, 0.1) is 12.2 Å². The largest absolute Gasteiger partial charge is 0.493 e. The van der Waals surface area contributed by atoms with Crippen molar-refractivity contribution in [3.63, 3.8) is 0 Å². The van der Waals surface area contributed by atoms with Crippen LogP contribution in [-0.2, 0) is 12.8 Å². The number of benzene rings is 1. The summed E-state index contributed by atoms with van der Waals surface area (Å²) in [5.41, 5.74) is 3.46. The molecule has 0 unspecified atom stereocenters. The molecule has 0 amide bonds. The molecular weight excluding hydrogens is 212 g/mol. The Balaban J connectivity index is 2.37. The van der Waals surface area contributed by atoms with Gasteiger partial charge in [-0.15, -0.1) is 0 Å². The summed E-state index contributed by atoms with van der Waals surface area (Å²) in [5, 5.41) is 0. The zero-order valence-corrected chi connectivity index (χ0v) is 10.7. The molecule has 0 atom stereocenters. The summed E-state index contributed by atoms with van der Waals surface area (Å²) in [6.07, 6.45) is 5.67. The molecule has 0 aromatic heterocycles. The monoisotopic (exact) mass is 232 g/mol. The SMILES string of the molecule is CCCOc1cc2c(cc1C(C)=O)CCCC2. The van der Waals surface area contributed by atoms with Crippen LogP contribution in [0.1, 0.15) is 54.6 Å². The number of aryl methyl sites for hydroxylation is 2. The van der Waals surface area contributed by atoms with Crippen LogP contribution in [0.3, 0.4) is 0 Å². The number of fused-ring (bicyclic) bond motifs is 1. The van der Waals surface area contributed by atoms with Crippen molar-refractivity contribution in [2.24, 2.45) is 0 Å². The van der Waals surface area contributed by atoms with Gasteiger partial charge in [-0.3, -0.25) is 4.79 Å². The molecule has 1 aliphatic carbocycles. The summed E-state index contributed by atoms with van der Waals surface area (Å²) in [7, 11) is 0. The van der Waals surface area contributed by atoms with E-state index in [0.717, 1.165) is 30.6 Å². The first-order chi connectivity index (χ1) is 8.22. The van der Waals surface area contributed by atoms with E-state index in [1.54, 1.807) is 6.92 Å². The normalized spacial score (nSPS) is 14.2. The molecule has 0 bridgehead atoms. The van der Waals surface area contributed by atoms with Crippen LogP contribution in [-0.4, -0.2) is 12.4 Å². The summed E-state index contributed by atoms with van der Waals surface area (Å²) in [4.78, 5) is 11.6. The summed E-state index contributed by atoms with van der Waals surface area (Å²) in [6, 6.07) is 4.13. The molecule has 1 aromatic carbocycles. The van der Waals surface area contributed by atoms with Crippen LogP contribution in [0.5, 0.6) is 5.75 Å². The van der Waals surface area contributed by atoms with E-state index in [9.17, 15) is 4.79 Å². The molecule has 2 rings (SSSR count). The van der Waals surface area contributed by atoms with E-state index in [-0.39, 0.29) is 5.78 Å². The van der Waals surface area contributed by atoms with E-state index in [0.29, 0.717) is 6.61 Å². The zero-order valence-electron chi connectivity index (χ0n) is 10.7. The maximum absolute atomic E-state index is 11.6. The van der Waals surface area contributed by atoms with Gasteiger partial charge in [-0.25, -0.2) is 0 Å². The van der Waals surface area contributed by atoms with Gasteiger partial charge < -0.3 is 4.74 Å². The molecule has 0 radical (unpaired) electrons. The molecule has 0 aliphatic heterocycles. The van der Waals surface area contributed by atoms with Crippen LogP contribution in [0.15, 0.2) is 12.1 Å². The number of ketones is 1. The third-order valence-electron chi connectivity index (χ3n) is 3.29. The zero-order chi connectivity index (χ0) is 12.3. The molecule has 17 heavy (non-hydrogen) atoms. The molecule has 0 saturated heterocycles. The van der Waals surface area contributed by atoms with E-state index in [4.69, 9.17) is 4.74 Å². The van der Waals surface area contributed by atoms with Crippen molar-refractivity contribution in [1.82, 2.24) is 0 Å². The molecule has 1 aromatic rings. The molecular formula is C15H20O2. The first-order valence-electron chi connectivity index (χ1n) is 6.52. The molecule has 0 saturated carbocycles. The van der Waals surface area contributed by atoms with Crippen molar-refractivity contribution in [1.29, 1.82) is 0 Å². The molecule has 0 fully saturated rings. The Morgan fingerprint density at radius 3 is 2.47 bits per heavy atom. The van der Waals surface area contributed by atoms with E-state index in [2.05, 4.69) is 13.0 Å². The second-order valence-corrected chi connectivity index (χ2v) is 4.73. The predicted molar refractivity (Wildman–Crippen MR) is 68.9 cm³/mol. The van der Waals surface area contributed by atoms with Crippen LogP contribution < -0.4 is 4.74 Å². The highest BCUT2D eigenvalue weighted by molar-refractivity contribution is 5.97. The quantitative estimate of drug-likeness (QED) is 0.742. The standard InChI is InChI=1S/C15H20O2/c1-3-8-17-15-10-13-7-5-4-6-12(13)9-14(15)11(2)16/h9-10H,3-8H2,1-2H3. The van der Waals surface area contributed by atoms with E-state index in [1.807, 2.05) is 6.07 Å². The predicted octanol–water partition coefficient (Wildman–Crippen LogP) is 3.56. The average Bonchev–Trinajstić information content (AvgIpc) is 2.35. The van der Waals surface area contributed by atoms with Gasteiger partial charge in [0.1, 0.15) is 5.75 Å². The number of carbonyl (C=O) groups excluding carboxylic acids is 1. The van der Waals surface area contributed by atoms with E-state index >= 15 is 0 Å². The summed E-state index contributed by atoms with van der Waals surface area (Å²) in [6.45, 7) is 4.37. The highest BCUT2D eigenvalue weighted by atomic mass is 16.5. The Morgan fingerprint density at radius 2 is 1.88 bits per heavy atom. The number of ether oxygens (including phenoxy) is 1. The minimum atomic E-state index is 0.101. The van der Waals surface area contributed by atoms with Crippen molar-refractivity contribution in [3.05, 3.63) is 28.8 Å². The number of Topliss-reactive ketones (excluding diaryl/α,β-unsaturated/α-hetero) is 1. The molecule has 0 N–H and O–H groups in total. The molecule has 1 aliphatic rings. The maximum Gasteiger partial charge on any atom is 0.163 e. The number of hydrogen-bond donors (Lipinski definition) is 0. The highest BCUT2D eigenvalue weighted by Gasteiger charge is 2.16. The Labute approximate surface area is 103 Å². The molecule has 0 heterocycles. The van der Waals surface area contributed by atoms with Crippen molar-refractivity contribution in [2.45, 2.75) is 46.0 Å². The van der Waals surface area contributed by atoms with Crippen LogP contribution >= 0.6 is 0 Å². The Morgan fingerprint density at radius 1 is 1.24 bits per heavy atom. The van der Waals surface area contributed by atoms with Gasteiger partial charge in [-0.05, 0) is 62.3 Å². The van der Waals surface area contributed by atoms with E-state index < -0.39 is 0 Å². The Hall–Kier alpha value is -1.31. The van der Waals surface area contributed by atoms with Crippen LogP contribution in [0.2, 0.25) is 0 Å². The molecule has 2 heteroatoms. The number of carbonyl (C=O) groups is 1. The van der Waals surface area contributed by atoms with Gasteiger partial charge in [0, 0.05) is 0 Å². The fourth-order valence-electron chi connectivity index (χ4n) is 2.37. The van der Waals surface area contributed by atoms with Crippen molar-refractivity contribution in [2.75, 3.05) is 6.61 Å². The second kappa shape index (κ2) is 5.35. The summed E-state index contributed by atoms with van der Waals surface area (Å²) >= 11 is 0. The summed E-state index contributed by atoms with van der Waals surface area (Å²) < 4.78 is 5.69. The third-order valence-corrected chi connectivity index (χ3v) is 3.29. The average molecular weight is 232 g/mol. The fourth-order valence-corrected chi connectivity index (χ4v) is 2.37. The second-order valence-electron chi connectivity index (χ2n) is 4.73. The van der Waals surface area contributed by atoms with Gasteiger partial charge in [0.15, 0.2) is 5.78 Å². The fraction of sp³-hybridized carbons (Fsp3) is 0.533. The lowest BCUT2D eigenvalue weighted by molar-refractivity contribution is 0.101. The highest BCUT2D eigenvalue weighted by Crippen LogP contribution is 2.29. The maximum atomic E-state index is 11.6. The molecule has 2 nitrogen and oxygen atoms in total.